The average Bonchev–Trinajstić information content (AvgIpc) is 2.74. The summed E-state index contributed by atoms with van der Waals surface area (Å²) in [4.78, 5) is 10.5. The lowest BCUT2D eigenvalue weighted by Crippen LogP contribution is -2.05. The molecule has 1 heterocycles. The first-order valence-corrected chi connectivity index (χ1v) is 5.30. The Morgan fingerprint density at radius 1 is 1.53 bits per heavy atom. The van der Waals surface area contributed by atoms with Crippen molar-refractivity contribution in [3.63, 3.8) is 0 Å². The number of nitriles is 1. The molecule has 2 rings (SSSR count). The van der Waals surface area contributed by atoms with Gasteiger partial charge in [0.05, 0.1) is 4.92 Å². The minimum Gasteiger partial charge on any atom is -0.382 e. The molecule has 0 atom stereocenters. The van der Waals surface area contributed by atoms with Gasteiger partial charge < -0.3 is 11.1 Å². The number of nitrogens with zero attached hydrogens (tertiary/aromatic N) is 4. The number of nitrogens with one attached hydrogen (secondary N) is 1. The fourth-order valence-corrected chi connectivity index (χ4v) is 1.70. The molecular formula is C11H10N6O2. The van der Waals surface area contributed by atoms with Crippen LogP contribution in [0.2, 0.25) is 0 Å². The Hall–Kier alpha value is -3.08. The molecule has 2 aromatic rings. The van der Waals surface area contributed by atoms with Crippen LogP contribution in [0.4, 0.5) is 17.3 Å². The van der Waals surface area contributed by atoms with Crippen molar-refractivity contribution in [3.05, 3.63) is 39.9 Å². The highest BCUT2D eigenvalue weighted by Gasteiger charge is 2.21. The maximum absolute atomic E-state index is 11.0. The van der Waals surface area contributed by atoms with Crippen LogP contribution < -0.4 is 11.1 Å². The fraction of sp³-hybridized carbons (Fsp3) is 0.0909. The van der Waals surface area contributed by atoms with Gasteiger partial charge in [-0.15, -0.1) is 5.10 Å². The predicted octanol–water partition coefficient (Wildman–Crippen LogP) is 1.28. The number of hydrogen-bond donors (Lipinski definition) is 2. The molecule has 1 aromatic heterocycles. The zero-order valence-corrected chi connectivity index (χ0v) is 9.99. The zero-order chi connectivity index (χ0) is 14.0. The van der Waals surface area contributed by atoms with E-state index in [-0.39, 0.29) is 28.6 Å². The van der Waals surface area contributed by atoms with Crippen LogP contribution in [0.5, 0.6) is 0 Å². The minimum atomic E-state index is -0.526. The number of nitrogen functional groups attached to an aromatic ring is 1. The van der Waals surface area contributed by atoms with Crippen LogP contribution in [0.1, 0.15) is 5.56 Å². The molecule has 8 nitrogen and oxygen atoms in total. The van der Waals surface area contributed by atoms with Crippen molar-refractivity contribution in [1.29, 1.82) is 5.26 Å². The first-order valence-electron chi connectivity index (χ1n) is 5.30. The standard InChI is InChI=1S/C11H10N6O2/c1-14-11-7(6-12)10(13)16(15-11)8-4-2-3-5-9(8)17(18)19/h2-5H,13H2,1H3,(H,14,15). The molecule has 0 fully saturated rings. The van der Waals surface area contributed by atoms with Crippen LogP contribution in [-0.2, 0) is 0 Å². The van der Waals surface area contributed by atoms with E-state index in [2.05, 4.69) is 10.4 Å². The summed E-state index contributed by atoms with van der Waals surface area (Å²) >= 11 is 0. The summed E-state index contributed by atoms with van der Waals surface area (Å²) in [7, 11) is 1.59. The molecule has 0 saturated heterocycles. The number of anilines is 2. The van der Waals surface area contributed by atoms with Crippen molar-refractivity contribution in [1.82, 2.24) is 9.78 Å². The summed E-state index contributed by atoms with van der Waals surface area (Å²) in [6.45, 7) is 0. The summed E-state index contributed by atoms with van der Waals surface area (Å²) < 4.78 is 1.18. The summed E-state index contributed by atoms with van der Waals surface area (Å²) in [6.07, 6.45) is 0. The Morgan fingerprint density at radius 2 is 2.21 bits per heavy atom. The van der Waals surface area contributed by atoms with Crippen molar-refractivity contribution >= 4 is 17.3 Å². The normalized spacial score (nSPS) is 9.89. The molecule has 0 spiro atoms. The second-order valence-corrected chi connectivity index (χ2v) is 3.63. The summed E-state index contributed by atoms with van der Waals surface area (Å²) in [5.74, 6) is 0.333. The maximum atomic E-state index is 11.0. The van der Waals surface area contributed by atoms with E-state index in [0.29, 0.717) is 0 Å². The van der Waals surface area contributed by atoms with Crippen molar-refractivity contribution < 1.29 is 4.92 Å². The van der Waals surface area contributed by atoms with Crippen molar-refractivity contribution in [2.45, 2.75) is 0 Å². The molecule has 0 aliphatic carbocycles. The van der Waals surface area contributed by atoms with Crippen LogP contribution in [-0.4, -0.2) is 21.8 Å². The number of nitro benzene ring substituents is 1. The molecular weight excluding hydrogens is 248 g/mol. The van der Waals surface area contributed by atoms with Crippen molar-refractivity contribution in [2.24, 2.45) is 0 Å². The van der Waals surface area contributed by atoms with Crippen LogP contribution >= 0.6 is 0 Å². The third kappa shape index (κ3) is 1.93. The third-order valence-corrected chi connectivity index (χ3v) is 2.58. The van der Waals surface area contributed by atoms with Gasteiger partial charge >= 0.3 is 0 Å². The topological polar surface area (TPSA) is 123 Å². The lowest BCUT2D eigenvalue weighted by Gasteiger charge is -2.04. The molecule has 0 aliphatic heterocycles. The minimum absolute atomic E-state index is 0.0566. The predicted molar refractivity (Wildman–Crippen MR) is 68.9 cm³/mol. The molecule has 8 heteroatoms. The van der Waals surface area contributed by atoms with Gasteiger partial charge in [0.15, 0.2) is 5.82 Å². The molecule has 0 bridgehead atoms. The number of hydrogen-bond acceptors (Lipinski definition) is 6. The van der Waals surface area contributed by atoms with Crippen LogP contribution in [0.15, 0.2) is 24.3 Å². The number of benzene rings is 1. The quantitative estimate of drug-likeness (QED) is 0.631. The van der Waals surface area contributed by atoms with E-state index in [1.54, 1.807) is 19.2 Å². The largest absolute Gasteiger partial charge is 0.382 e. The second-order valence-electron chi connectivity index (χ2n) is 3.63. The molecule has 0 saturated carbocycles. The van der Waals surface area contributed by atoms with Crippen molar-refractivity contribution in [2.75, 3.05) is 18.1 Å². The highest BCUT2D eigenvalue weighted by Crippen LogP contribution is 2.28. The molecule has 96 valence electrons. The second kappa shape index (κ2) is 4.66. The number of rotatable bonds is 3. The number of para-hydroxylation sites is 2. The summed E-state index contributed by atoms with van der Waals surface area (Å²) in [5.41, 5.74) is 6.04. The van der Waals surface area contributed by atoms with E-state index >= 15 is 0 Å². The van der Waals surface area contributed by atoms with Gasteiger partial charge in [-0.1, -0.05) is 12.1 Å². The van der Waals surface area contributed by atoms with E-state index in [9.17, 15) is 10.1 Å². The fourth-order valence-electron chi connectivity index (χ4n) is 1.70. The van der Waals surface area contributed by atoms with Gasteiger partial charge in [0.25, 0.3) is 5.69 Å². The smallest absolute Gasteiger partial charge is 0.294 e. The SMILES string of the molecule is CNc1nn(-c2ccccc2[N+](=O)[O-])c(N)c1C#N. The van der Waals surface area contributed by atoms with Crippen LogP contribution in [0.25, 0.3) is 5.69 Å². The Kier molecular flexibility index (Phi) is 3.03. The van der Waals surface area contributed by atoms with Gasteiger partial charge in [0, 0.05) is 13.1 Å². The first kappa shape index (κ1) is 12.4. The lowest BCUT2D eigenvalue weighted by atomic mass is 10.2. The van der Waals surface area contributed by atoms with Crippen molar-refractivity contribution in [3.8, 4) is 11.8 Å². The monoisotopic (exact) mass is 258 g/mol. The van der Waals surface area contributed by atoms with E-state index < -0.39 is 4.92 Å². The van der Waals surface area contributed by atoms with Crippen LogP contribution in [0.3, 0.4) is 0 Å². The average molecular weight is 258 g/mol. The Morgan fingerprint density at radius 3 is 2.74 bits per heavy atom. The maximum Gasteiger partial charge on any atom is 0.294 e. The van der Waals surface area contributed by atoms with E-state index in [1.165, 1.54) is 16.8 Å². The lowest BCUT2D eigenvalue weighted by molar-refractivity contribution is -0.384. The Balaban J connectivity index is 2.70. The Labute approximate surface area is 108 Å². The van der Waals surface area contributed by atoms with Gasteiger partial charge in [-0.3, -0.25) is 10.1 Å². The van der Waals surface area contributed by atoms with Gasteiger partial charge in [-0.05, 0) is 6.07 Å². The summed E-state index contributed by atoms with van der Waals surface area (Å²) in [5, 5.41) is 26.8. The molecule has 3 N–H and O–H groups in total. The highest BCUT2D eigenvalue weighted by atomic mass is 16.6. The van der Waals surface area contributed by atoms with E-state index in [1.807, 2.05) is 6.07 Å². The molecule has 0 unspecified atom stereocenters. The molecule has 0 amide bonds. The van der Waals surface area contributed by atoms with Gasteiger partial charge in [0.1, 0.15) is 23.1 Å². The number of nitrogens with two attached hydrogens (primary N) is 1. The molecule has 19 heavy (non-hydrogen) atoms. The Bertz CT molecular complexity index is 685. The highest BCUT2D eigenvalue weighted by molar-refractivity contribution is 5.67. The van der Waals surface area contributed by atoms with Gasteiger partial charge in [-0.25, -0.2) is 4.68 Å². The molecule has 0 radical (unpaired) electrons. The molecule has 0 aliphatic rings. The number of nitro groups is 1. The van der Waals surface area contributed by atoms with Gasteiger partial charge in [0.2, 0.25) is 0 Å². The van der Waals surface area contributed by atoms with E-state index in [0.717, 1.165) is 0 Å². The molecule has 1 aromatic carbocycles. The zero-order valence-electron chi connectivity index (χ0n) is 9.99. The van der Waals surface area contributed by atoms with Crippen LogP contribution in [0, 0.1) is 21.4 Å². The third-order valence-electron chi connectivity index (χ3n) is 2.58. The summed E-state index contributed by atoms with van der Waals surface area (Å²) in [6, 6.07) is 7.96. The van der Waals surface area contributed by atoms with Gasteiger partial charge in [-0.2, -0.15) is 5.26 Å². The first-order chi connectivity index (χ1) is 9.10. The number of aromatic nitrogens is 2. The van der Waals surface area contributed by atoms with E-state index in [4.69, 9.17) is 11.0 Å².